The standard InChI is InChI=1S/C20H20Cl2N2O4S/c1-4-28-8-7-24-18-15(22)9-12(21)10-17(18)29-20(24)23-19(25)14-6-5-13(26-2)11-16(14)27-3/h5-6,9-11H,4,7-8H2,1-3H3. The zero-order chi connectivity index (χ0) is 21.0. The van der Waals surface area contributed by atoms with Gasteiger partial charge in [-0.05, 0) is 31.2 Å². The van der Waals surface area contributed by atoms with E-state index in [0.717, 1.165) is 10.2 Å². The quantitative estimate of drug-likeness (QED) is 0.480. The number of hydrogen-bond donors (Lipinski definition) is 0. The lowest BCUT2D eigenvalue weighted by atomic mass is 10.2. The third-order valence-corrected chi connectivity index (χ3v) is 5.73. The number of halogens is 2. The maximum absolute atomic E-state index is 12.9. The van der Waals surface area contributed by atoms with Gasteiger partial charge in [-0.2, -0.15) is 4.99 Å². The molecule has 154 valence electrons. The van der Waals surface area contributed by atoms with E-state index in [2.05, 4.69) is 4.99 Å². The van der Waals surface area contributed by atoms with Gasteiger partial charge in [0.15, 0.2) is 4.80 Å². The van der Waals surface area contributed by atoms with Crippen molar-refractivity contribution < 1.29 is 19.0 Å². The van der Waals surface area contributed by atoms with Gasteiger partial charge in [0.1, 0.15) is 11.5 Å². The van der Waals surface area contributed by atoms with Gasteiger partial charge in [0.25, 0.3) is 5.91 Å². The smallest absolute Gasteiger partial charge is 0.283 e. The van der Waals surface area contributed by atoms with Crippen molar-refractivity contribution in [1.29, 1.82) is 0 Å². The minimum absolute atomic E-state index is 0.339. The fourth-order valence-electron chi connectivity index (χ4n) is 2.84. The van der Waals surface area contributed by atoms with Crippen LogP contribution in [0.4, 0.5) is 0 Å². The Hall–Kier alpha value is -2.06. The van der Waals surface area contributed by atoms with Crippen LogP contribution in [0.2, 0.25) is 10.0 Å². The van der Waals surface area contributed by atoms with Crippen LogP contribution in [0.25, 0.3) is 10.2 Å². The summed E-state index contributed by atoms with van der Waals surface area (Å²) in [6.45, 7) is 3.49. The largest absolute Gasteiger partial charge is 0.497 e. The number of rotatable bonds is 7. The van der Waals surface area contributed by atoms with Crippen molar-refractivity contribution in [3.05, 3.63) is 50.7 Å². The lowest BCUT2D eigenvalue weighted by Gasteiger charge is -2.08. The Balaban J connectivity index is 2.12. The number of nitrogens with zero attached hydrogens (tertiary/aromatic N) is 2. The maximum atomic E-state index is 12.9. The molecule has 1 aromatic heterocycles. The molecule has 0 unspecified atom stereocenters. The second-order valence-electron chi connectivity index (χ2n) is 5.95. The van der Waals surface area contributed by atoms with Gasteiger partial charge in [0, 0.05) is 24.2 Å². The lowest BCUT2D eigenvalue weighted by molar-refractivity contribution is 0.0993. The van der Waals surface area contributed by atoms with Gasteiger partial charge < -0.3 is 18.8 Å². The summed E-state index contributed by atoms with van der Waals surface area (Å²) in [7, 11) is 3.04. The van der Waals surface area contributed by atoms with E-state index in [-0.39, 0.29) is 0 Å². The average molecular weight is 455 g/mol. The molecule has 0 aliphatic carbocycles. The van der Waals surface area contributed by atoms with E-state index in [1.165, 1.54) is 18.4 Å². The van der Waals surface area contributed by atoms with E-state index in [1.807, 2.05) is 17.6 Å². The third kappa shape index (κ3) is 4.75. The van der Waals surface area contributed by atoms with E-state index in [9.17, 15) is 4.79 Å². The second-order valence-corrected chi connectivity index (χ2v) is 7.80. The Labute approximate surface area is 182 Å². The van der Waals surface area contributed by atoms with Crippen LogP contribution >= 0.6 is 34.5 Å². The Morgan fingerprint density at radius 1 is 1.17 bits per heavy atom. The number of thiazole rings is 1. The number of carbonyl (C=O) groups excluding carboxylic acids is 1. The number of amides is 1. The first-order chi connectivity index (χ1) is 14.0. The first kappa shape index (κ1) is 21.6. The minimum atomic E-state index is -0.427. The van der Waals surface area contributed by atoms with Crippen molar-refractivity contribution in [1.82, 2.24) is 4.57 Å². The SMILES string of the molecule is CCOCCn1c(=NC(=O)c2ccc(OC)cc2OC)sc2cc(Cl)cc(Cl)c21. The average Bonchev–Trinajstić information content (AvgIpc) is 3.04. The first-order valence-electron chi connectivity index (χ1n) is 8.85. The number of methoxy groups -OCH3 is 2. The highest BCUT2D eigenvalue weighted by Crippen LogP contribution is 2.30. The zero-order valence-electron chi connectivity index (χ0n) is 16.2. The summed E-state index contributed by atoms with van der Waals surface area (Å²) >= 11 is 13.9. The molecular formula is C20H20Cl2N2O4S. The molecule has 0 aliphatic heterocycles. The van der Waals surface area contributed by atoms with Crippen molar-refractivity contribution in [3.8, 4) is 11.5 Å². The van der Waals surface area contributed by atoms with E-state index in [4.69, 9.17) is 37.4 Å². The number of aromatic nitrogens is 1. The Kier molecular flexibility index (Phi) is 7.18. The molecule has 1 heterocycles. The molecule has 0 aliphatic rings. The van der Waals surface area contributed by atoms with Crippen LogP contribution in [-0.2, 0) is 11.3 Å². The number of benzene rings is 2. The van der Waals surface area contributed by atoms with E-state index >= 15 is 0 Å². The van der Waals surface area contributed by atoms with Crippen LogP contribution < -0.4 is 14.3 Å². The highest BCUT2D eigenvalue weighted by atomic mass is 35.5. The predicted molar refractivity (Wildman–Crippen MR) is 116 cm³/mol. The van der Waals surface area contributed by atoms with Crippen LogP contribution in [0.15, 0.2) is 35.3 Å². The Morgan fingerprint density at radius 3 is 2.66 bits per heavy atom. The minimum Gasteiger partial charge on any atom is -0.497 e. The first-order valence-corrected chi connectivity index (χ1v) is 10.4. The summed E-state index contributed by atoms with van der Waals surface area (Å²) in [5.74, 6) is 0.554. The topological polar surface area (TPSA) is 62.1 Å². The summed E-state index contributed by atoms with van der Waals surface area (Å²) in [6.07, 6.45) is 0. The van der Waals surface area contributed by atoms with Crippen LogP contribution in [0, 0.1) is 0 Å². The molecule has 0 bridgehead atoms. The number of fused-ring (bicyclic) bond motifs is 1. The highest BCUT2D eigenvalue weighted by Gasteiger charge is 2.16. The maximum Gasteiger partial charge on any atom is 0.283 e. The molecule has 0 radical (unpaired) electrons. The molecule has 0 atom stereocenters. The molecule has 0 saturated carbocycles. The number of ether oxygens (including phenoxy) is 3. The monoisotopic (exact) mass is 454 g/mol. The van der Waals surface area contributed by atoms with Crippen LogP contribution in [0.1, 0.15) is 17.3 Å². The van der Waals surface area contributed by atoms with Crippen LogP contribution in [0.5, 0.6) is 11.5 Å². The molecule has 2 aromatic carbocycles. The predicted octanol–water partition coefficient (Wildman–Crippen LogP) is 4.80. The van der Waals surface area contributed by atoms with Gasteiger partial charge >= 0.3 is 0 Å². The fraction of sp³-hybridized carbons (Fsp3) is 0.300. The summed E-state index contributed by atoms with van der Waals surface area (Å²) in [6, 6.07) is 8.45. The van der Waals surface area contributed by atoms with Crippen molar-refractivity contribution in [2.45, 2.75) is 13.5 Å². The molecule has 9 heteroatoms. The molecule has 6 nitrogen and oxygen atoms in total. The highest BCUT2D eigenvalue weighted by molar-refractivity contribution is 7.16. The third-order valence-electron chi connectivity index (χ3n) is 4.19. The van der Waals surface area contributed by atoms with Crippen molar-refractivity contribution in [2.24, 2.45) is 4.99 Å². The van der Waals surface area contributed by atoms with Gasteiger partial charge in [-0.3, -0.25) is 4.79 Å². The molecule has 29 heavy (non-hydrogen) atoms. The van der Waals surface area contributed by atoms with Crippen molar-refractivity contribution in [3.63, 3.8) is 0 Å². The second kappa shape index (κ2) is 9.63. The Morgan fingerprint density at radius 2 is 1.97 bits per heavy atom. The van der Waals surface area contributed by atoms with Gasteiger partial charge in [-0.25, -0.2) is 0 Å². The molecule has 3 rings (SSSR count). The van der Waals surface area contributed by atoms with Gasteiger partial charge in [0.05, 0.1) is 41.6 Å². The van der Waals surface area contributed by atoms with Crippen molar-refractivity contribution >= 4 is 50.7 Å². The lowest BCUT2D eigenvalue weighted by Crippen LogP contribution is -2.20. The zero-order valence-corrected chi connectivity index (χ0v) is 18.5. The summed E-state index contributed by atoms with van der Waals surface area (Å²) in [4.78, 5) is 17.8. The fourth-order valence-corrected chi connectivity index (χ4v) is 4.68. The van der Waals surface area contributed by atoms with Crippen LogP contribution in [0.3, 0.4) is 0 Å². The molecular weight excluding hydrogens is 435 g/mol. The van der Waals surface area contributed by atoms with Gasteiger partial charge in [-0.15, -0.1) is 0 Å². The molecule has 1 amide bonds. The van der Waals surface area contributed by atoms with Gasteiger partial charge in [0.2, 0.25) is 0 Å². The van der Waals surface area contributed by atoms with E-state index in [0.29, 0.717) is 51.7 Å². The summed E-state index contributed by atoms with van der Waals surface area (Å²) in [5, 5.41) is 1.02. The summed E-state index contributed by atoms with van der Waals surface area (Å²) in [5.41, 5.74) is 1.11. The summed E-state index contributed by atoms with van der Waals surface area (Å²) < 4.78 is 18.7. The molecule has 0 fully saturated rings. The van der Waals surface area contributed by atoms with Crippen molar-refractivity contribution in [2.75, 3.05) is 27.4 Å². The number of hydrogen-bond acceptors (Lipinski definition) is 5. The van der Waals surface area contributed by atoms with E-state index < -0.39 is 5.91 Å². The van der Waals surface area contributed by atoms with E-state index in [1.54, 1.807) is 31.4 Å². The molecule has 0 spiro atoms. The Bertz CT molecular complexity index is 1110. The molecule has 0 saturated heterocycles. The number of carbonyl (C=O) groups is 1. The normalized spacial score (nSPS) is 11.8. The van der Waals surface area contributed by atoms with Gasteiger partial charge in [-0.1, -0.05) is 34.5 Å². The molecule has 0 N–H and O–H groups in total. The molecule has 3 aromatic rings. The van der Waals surface area contributed by atoms with Crippen LogP contribution in [-0.4, -0.2) is 37.9 Å².